The summed E-state index contributed by atoms with van der Waals surface area (Å²) < 4.78 is 32.7. The maximum absolute atomic E-state index is 13.6. The number of halogens is 2. The van der Waals surface area contributed by atoms with Crippen LogP contribution in [0.25, 0.3) is 0 Å². The first-order valence-electron chi connectivity index (χ1n) is 8.28. The Balaban J connectivity index is 1.47. The molecule has 3 rings (SSSR count). The van der Waals surface area contributed by atoms with E-state index < -0.39 is 17.7 Å². The van der Waals surface area contributed by atoms with Crippen molar-refractivity contribution in [2.45, 2.75) is 25.6 Å². The number of hydrogen-bond donors (Lipinski definition) is 1. The first-order chi connectivity index (χ1) is 12.1. The van der Waals surface area contributed by atoms with Gasteiger partial charge in [-0.25, -0.2) is 13.6 Å². The number of urea groups is 1. The molecule has 1 N–H and O–H groups in total. The van der Waals surface area contributed by atoms with E-state index in [-0.39, 0.29) is 11.8 Å². The minimum Gasteiger partial charge on any atom is -0.373 e. The molecule has 132 valence electrons. The summed E-state index contributed by atoms with van der Waals surface area (Å²) in [4.78, 5) is 13.8. The van der Waals surface area contributed by atoms with Gasteiger partial charge < -0.3 is 15.0 Å². The van der Waals surface area contributed by atoms with Crippen molar-refractivity contribution in [3.63, 3.8) is 0 Å². The maximum atomic E-state index is 13.6. The lowest BCUT2D eigenvalue weighted by molar-refractivity contribution is 0.00540. The van der Waals surface area contributed by atoms with Gasteiger partial charge in [0, 0.05) is 19.2 Å². The summed E-state index contributed by atoms with van der Waals surface area (Å²) in [5, 5.41) is 2.42. The van der Waals surface area contributed by atoms with Gasteiger partial charge in [-0.15, -0.1) is 0 Å². The molecule has 2 aromatic rings. The molecule has 0 unspecified atom stereocenters. The predicted octanol–water partition coefficient (Wildman–Crippen LogP) is 4.18. The van der Waals surface area contributed by atoms with Crippen LogP contribution in [0.4, 0.5) is 19.3 Å². The normalized spacial score (nSPS) is 15.2. The lowest BCUT2D eigenvalue weighted by atomic mass is 10.1. The molecular weight excluding hydrogens is 326 g/mol. The molecule has 25 heavy (non-hydrogen) atoms. The second kappa shape index (κ2) is 8.07. The third-order valence-corrected chi connectivity index (χ3v) is 4.23. The van der Waals surface area contributed by atoms with Crippen LogP contribution < -0.4 is 5.32 Å². The molecule has 0 atom stereocenters. The van der Waals surface area contributed by atoms with Crippen molar-refractivity contribution in [2.24, 2.45) is 0 Å². The van der Waals surface area contributed by atoms with Crippen LogP contribution in [-0.4, -0.2) is 30.1 Å². The summed E-state index contributed by atoms with van der Waals surface area (Å²) in [6, 6.07) is 12.5. The molecule has 1 aliphatic rings. The number of ether oxygens (including phenoxy) is 1. The Bertz CT molecular complexity index is 717. The van der Waals surface area contributed by atoms with Gasteiger partial charge in [0.2, 0.25) is 0 Å². The van der Waals surface area contributed by atoms with Gasteiger partial charge in [-0.1, -0.05) is 30.3 Å². The van der Waals surface area contributed by atoms with E-state index in [2.05, 4.69) is 5.32 Å². The van der Waals surface area contributed by atoms with E-state index in [9.17, 15) is 13.6 Å². The van der Waals surface area contributed by atoms with Gasteiger partial charge in [-0.2, -0.15) is 0 Å². The molecule has 6 heteroatoms. The van der Waals surface area contributed by atoms with Gasteiger partial charge >= 0.3 is 6.03 Å². The highest BCUT2D eigenvalue weighted by Crippen LogP contribution is 2.19. The number of likely N-dealkylation sites (tertiary alicyclic amines) is 1. The molecule has 1 saturated heterocycles. The molecule has 1 fully saturated rings. The second-order valence-electron chi connectivity index (χ2n) is 6.04. The van der Waals surface area contributed by atoms with E-state index in [4.69, 9.17) is 4.74 Å². The van der Waals surface area contributed by atoms with Crippen molar-refractivity contribution in [3.8, 4) is 0 Å². The molecule has 0 aromatic heterocycles. The molecule has 0 radical (unpaired) electrons. The minimum atomic E-state index is -0.657. The van der Waals surface area contributed by atoms with Crippen molar-refractivity contribution in [1.29, 1.82) is 0 Å². The first kappa shape index (κ1) is 17.4. The van der Waals surface area contributed by atoms with Gasteiger partial charge in [-0.05, 0) is 30.5 Å². The molecule has 2 amide bonds. The Labute approximate surface area is 145 Å². The molecule has 0 aliphatic carbocycles. The zero-order valence-electron chi connectivity index (χ0n) is 13.8. The monoisotopic (exact) mass is 346 g/mol. The Hall–Kier alpha value is -2.47. The van der Waals surface area contributed by atoms with Crippen molar-refractivity contribution in [1.82, 2.24) is 4.90 Å². The number of hydrogen-bond acceptors (Lipinski definition) is 2. The smallest absolute Gasteiger partial charge is 0.321 e. The highest BCUT2D eigenvalue weighted by atomic mass is 19.1. The Kier molecular flexibility index (Phi) is 5.60. The van der Waals surface area contributed by atoms with E-state index >= 15 is 0 Å². The fourth-order valence-electron chi connectivity index (χ4n) is 2.80. The third-order valence-electron chi connectivity index (χ3n) is 4.23. The average Bonchev–Trinajstić information content (AvgIpc) is 2.64. The molecule has 4 nitrogen and oxygen atoms in total. The van der Waals surface area contributed by atoms with Crippen LogP contribution in [0, 0.1) is 11.6 Å². The summed E-state index contributed by atoms with van der Waals surface area (Å²) >= 11 is 0. The first-order valence-corrected chi connectivity index (χ1v) is 8.28. The number of amides is 2. The Morgan fingerprint density at radius 3 is 2.56 bits per heavy atom. The number of nitrogens with one attached hydrogen (secondary N) is 1. The van der Waals surface area contributed by atoms with Crippen LogP contribution in [0.2, 0.25) is 0 Å². The number of rotatable bonds is 4. The van der Waals surface area contributed by atoms with Gasteiger partial charge in [0.1, 0.15) is 11.6 Å². The van der Waals surface area contributed by atoms with Crippen LogP contribution in [-0.2, 0) is 11.3 Å². The largest absolute Gasteiger partial charge is 0.373 e. The topological polar surface area (TPSA) is 41.6 Å². The quantitative estimate of drug-likeness (QED) is 0.902. The average molecular weight is 346 g/mol. The van der Waals surface area contributed by atoms with E-state index in [1.807, 2.05) is 30.3 Å². The third kappa shape index (κ3) is 4.76. The summed E-state index contributed by atoms with van der Waals surface area (Å²) in [5.41, 5.74) is 0.969. The number of benzene rings is 2. The van der Waals surface area contributed by atoms with Crippen molar-refractivity contribution >= 4 is 11.7 Å². The fourth-order valence-corrected chi connectivity index (χ4v) is 2.80. The summed E-state index contributed by atoms with van der Waals surface area (Å²) in [5.74, 6) is -1.25. The molecule has 1 aliphatic heterocycles. The molecule has 1 heterocycles. The number of anilines is 1. The summed E-state index contributed by atoms with van der Waals surface area (Å²) in [6.45, 7) is 1.58. The van der Waals surface area contributed by atoms with Gasteiger partial charge in [0.05, 0.1) is 18.4 Å². The Morgan fingerprint density at radius 2 is 1.84 bits per heavy atom. The van der Waals surface area contributed by atoms with Crippen molar-refractivity contribution in [2.75, 3.05) is 18.4 Å². The number of carbonyl (C=O) groups is 1. The molecule has 0 bridgehead atoms. The van der Waals surface area contributed by atoms with Crippen LogP contribution in [0.5, 0.6) is 0 Å². The van der Waals surface area contributed by atoms with Crippen LogP contribution >= 0.6 is 0 Å². The number of nitrogens with zero attached hydrogens (tertiary/aromatic N) is 1. The van der Waals surface area contributed by atoms with E-state index in [1.54, 1.807) is 4.90 Å². The molecule has 0 spiro atoms. The summed E-state index contributed by atoms with van der Waals surface area (Å²) in [7, 11) is 0. The SMILES string of the molecule is O=C(Nc1cc(F)ccc1F)N1CCC(OCc2ccccc2)CC1. The van der Waals surface area contributed by atoms with Crippen LogP contribution in [0.15, 0.2) is 48.5 Å². The van der Waals surface area contributed by atoms with Gasteiger partial charge in [0.25, 0.3) is 0 Å². The van der Waals surface area contributed by atoms with Crippen LogP contribution in [0.3, 0.4) is 0 Å². The van der Waals surface area contributed by atoms with E-state index in [0.29, 0.717) is 32.5 Å². The van der Waals surface area contributed by atoms with Crippen LogP contribution in [0.1, 0.15) is 18.4 Å². The maximum Gasteiger partial charge on any atom is 0.321 e. The Morgan fingerprint density at radius 1 is 1.12 bits per heavy atom. The lowest BCUT2D eigenvalue weighted by Gasteiger charge is -2.32. The zero-order valence-corrected chi connectivity index (χ0v) is 13.8. The second-order valence-corrected chi connectivity index (χ2v) is 6.04. The minimum absolute atomic E-state index is 0.0927. The predicted molar refractivity (Wildman–Crippen MR) is 91.2 cm³/mol. The highest BCUT2D eigenvalue weighted by molar-refractivity contribution is 5.89. The van der Waals surface area contributed by atoms with Gasteiger partial charge in [-0.3, -0.25) is 0 Å². The number of piperidine rings is 1. The number of carbonyl (C=O) groups excluding carboxylic acids is 1. The molecular formula is C19H20F2N2O2. The highest BCUT2D eigenvalue weighted by Gasteiger charge is 2.24. The fraction of sp³-hybridized carbons (Fsp3) is 0.316. The zero-order chi connectivity index (χ0) is 17.6. The lowest BCUT2D eigenvalue weighted by Crippen LogP contribution is -2.43. The summed E-state index contributed by atoms with van der Waals surface area (Å²) in [6.07, 6.45) is 1.52. The van der Waals surface area contributed by atoms with E-state index in [1.165, 1.54) is 0 Å². The molecule has 2 aromatic carbocycles. The van der Waals surface area contributed by atoms with E-state index in [0.717, 1.165) is 23.8 Å². The van der Waals surface area contributed by atoms with Crippen molar-refractivity contribution < 1.29 is 18.3 Å². The van der Waals surface area contributed by atoms with Gasteiger partial charge in [0.15, 0.2) is 0 Å². The van der Waals surface area contributed by atoms with Crippen molar-refractivity contribution in [3.05, 3.63) is 65.7 Å². The standard InChI is InChI=1S/C19H20F2N2O2/c20-15-6-7-17(21)18(12-15)22-19(24)23-10-8-16(9-11-23)25-13-14-4-2-1-3-5-14/h1-7,12,16H,8-11,13H2,(H,22,24). The molecule has 0 saturated carbocycles.